The van der Waals surface area contributed by atoms with E-state index in [0.29, 0.717) is 12.6 Å². The van der Waals surface area contributed by atoms with Gasteiger partial charge in [0, 0.05) is 37.9 Å². The van der Waals surface area contributed by atoms with Crippen LogP contribution in [0.2, 0.25) is 0 Å². The van der Waals surface area contributed by atoms with Crippen LogP contribution >= 0.6 is 0 Å². The number of rotatable bonds is 8. The van der Waals surface area contributed by atoms with Crippen molar-refractivity contribution in [2.45, 2.75) is 39.3 Å². The molecular weight excluding hydrogens is 250 g/mol. The van der Waals surface area contributed by atoms with E-state index in [-0.39, 0.29) is 6.04 Å². The van der Waals surface area contributed by atoms with Crippen LogP contribution in [0, 0.1) is 0 Å². The summed E-state index contributed by atoms with van der Waals surface area (Å²) in [4.78, 5) is 4.71. The zero-order valence-electron chi connectivity index (χ0n) is 13.9. The van der Waals surface area contributed by atoms with Crippen molar-refractivity contribution in [3.63, 3.8) is 0 Å². The van der Waals surface area contributed by atoms with Crippen LogP contribution in [-0.4, -0.2) is 59.4 Å². The largest absolute Gasteiger partial charge is 0.329 e. The molecule has 1 aromatic heterocycles. The second-order valence-electron chi connectivity index (χ2n) is 5.75. The van der Waals surface area contributed by atoms with E-state index in [1.54, 1.807) is 0 Å². The summed E-state index contributed by atoms with van der Waals surface area (Å²) in [5.41, 5.74) is 8.54. The standard InChI is InChI=1S/C15H31N5/c1-7-14-13(11-19(6)17-14)15(9-16)20(8-2)12(3)10-18(4)5/h11-12,15H,7-10,16H2,1-6H3. The molecule has 0 amide bonds. The Morgan fingerprint density at radius 3 is 2.45 bits per heavy atom. The van der Waals surface area contributed by atoms with Crippen molar-refractivity contribution in [2.75, 3.05) is 33.7 Å². The third-order valence-corrected chi connectivity index (χ3v) is 3.82. The zero-order valence-corrected chi connectivity index (χ0v) is 13.9. The Labute approximate surface area is 123 Å². The van der Waals surface area contributed by atoms with Crippen LogP contribution in [0.25, 0.3) is 0 Å². The highest BCUT2D eigenvalue weighted by atomic mass is 15.3. The number of aromatic nitrogens is 2. The van der Waals surface area contributed by atoms with Gasteiger partial charge in [-0.15, -0.1) is 0 Å². The molecule has 0 radical (unpaired) electrons. The molecule has 0 bridgehead atoms. The average molecular weight is 281 g/mol. The summed E-state index contributed by atoms with van der Waals surface area (Å²) >= 11 is 0. The quantitative estimate of drug-likeness (QED) is 0.779. The van der Waals surface area contributed by atoms with E-state index >= 15 is 0 Å². The number of hydrogen-bond acceptors (Lipinski definition) is 4. The van der Waals surface area contributed by atoms with Crippen LogP contribution in [0.4, 0.5) is 0 Å². The summed E-state index contributed by atoms with van der Waals surface area (Å²) in [6, 6.07) is 0.715. The molecule has 0 aromatic carbocycles. The van der Waals surface area contributed by atoms with E-state index in [0.717, 1.165) is 19.5 Å². The van der Waals surface area contributed by atoms with Gasteiger partial charge in [0.25, 0.3) is 0 Å². The van der Waals surface area contributed by atoms with Crippen LogP contribution in [0.15, 0.2) is 6.20 Å². The highest BCUT2D eigenvalue weighted by Crippen LogP contribution is 2.25. The minimum absolute atomic E-state index is 0.249. The van der Waals surface area contributed by atoms with E-state index < -0.39 is 0 Å². The molecule has 0 fully saturated rings. The van der Waals surface area contributed by atoms with E-state index in [2.05, 4.69) is 56.0 Å². The monoisotopic (exact) mass is 281 g/mol. The van der Waals surface area contributed by atoms with Crippen molar-refractivity contribution in [1.82, 2.24) is 19.6 Å². The van der Waals surface area contributed by atoms with E-state index in [4.69, 9.17) is 5.73 Å². The lowest BCUT2D eigenvalue weighted by atomic mass is 10.0. The Hall–Kier alpha value is -0.910. The first kappa shape index (κ1) is 17.1. The minimum atomic E-state index is 0.249. The lowest BCUT2D eigenvalue weighted by Gasteiger charge is -2.36. The molecule has 116 valence electrons. The van der Waals surface area contributed by atoms with Gasteiger partial charge in [-0.05, 0) is 34.0 Å². The van der Waals surface area contributed by atoms with Crippen LogP contribution in [0.5, 0.6) is 0 Å². The summed E-state index contributed by atoms with van der Waals surface area (Å²) in [6.07, 6.45) is 3.08. The van der Waals surface area contributed by atoms with Gasteiger partial charge in [-0.2, -0.15) is 5.10 Å². The predicted molar refractivity (Wildman–Crippen MR) is 84.8 cm³/mol. The maximum Gasteiger partial charge on any atom is 0.0670 e. The Morgan fingerprint density at radius 2 is 2.00 bits per heavy atom. The summed E-state index contributed by atoms with van der Waals surface area (Å²) < 4.78 is 1.90. The lowest BCUT2D eigenvalue weighted by molar-refractivity contribution is 0.130. The summed E-state index contributed by atoms with van der Waals surface area (Å²) in [5.74, 6) is 0. The van der Waals surface area contributed by atoms with Crippen LogP contribution in [-0.2, 0) is 13.5 Å². The summed E-state index contributed by atoms with van der Waals surface area (Å²) in [5, 5.41) is 4.56. The van der Waals surface area contributed by atoms with Crippen molar-refractivity contribution >= 4 is 0 Å². The molecule has 5 heteroatoms. The maximum atomic E-state index is 6.09. The van der Waals surface area contributed by atoms with E-state index in [9.17, 15) is 0 Å². The van der Waals surface area contributed by atoms with E-state index in [1.165, 1.54) is 11.3 Å². The van der Waals surface area contributed by atoms with Crippen molar-refractivity contribution in [3.8, 4) is 0 Å². The third kappa shape index (κ3) is 4.04. The predicted octanol–water partition coefficient (Wildman–Crippen LogP) is 1.25. The topological polar surface area (TPSA) is 50.3 Å². The molecule has 0 spiro atoms. The lowest BCUT2D eigenvalue weighted by Crippen LogP contribution is -2.44. The summed E-state index contributed by atoms with van der Waals surface area (Å²) in [7, 11) is 6.21. The van der Waals surface area contributed by atoms with Crippen molar-refractivity contribution in [2.24, 2.45) is 12.8 Å². The van der Waals surface area contributed by atoms with Crippen molar-refractivity contribution in [3.05, 3.63) is 17.5 Å². The first-order valence-corrected chi connectivity index (χ1v) is 7.57. The first-order valence-electron chi connectivity index (χ1n) is 7.57. The fourth-order valence-electron chi connectivity index (χ4n) is 3.02. The number of aryl methyl sites for hydroxylation is 2. The molecule has 2 atom stereocenters. The van der Waals surface area contributed by atoms with Gasteiger partial charge in [-0.3, -0.25) is 9.58 Å². The molecule has 1 heterocycles. The SMILES string of the molecule is CCc1nn(C)cc1C(CN)N(CC)C(C)CN(C)C. The number of likely N-dealkylation sites (N-methyl/N-ethyl adjacent to an activating group) is 2. The first-order chi connectivity index (χ1) is 9.44. The van der Waals surface area contributed by atoms with Gasteiger partial charge in [0.2, 0.25) is 0 Å². The number of hydrogen-bond donors (Lipinski definition) is 1. The summed E-state index contributed by atoms with van der Waals surface area (Å²) in [6.45, 7) is 9.29. The smallest absolute Gasteiger partial charge is 0.0670 e. The molecule has 0 saturated carbocycles. The molecule has 0 aliphatic rings. The van der Waals surface area contributed by atoms with Gasteiger partial charge >= 0.3 is 0 Å². The van der Waals surface area contributed by atoms with Crippen molar-refractivity contribution in [1.29, 1.82) is 0 Å². The highest BCUT2D eigenvalue weighted by molar-refractivity contribution is 5.22. The molecule has 0 aliphatic heterocycles. The Bertz CT molecular complexity index is 399. The normalized spacial score (nSPS) is 15.1. The number of nitrogens with two attached hydrogens (primary N) is 1. The van der Waals surface area contributed by atoms with Crippen LogP contribution in [0.3, 0.4) is 0 Å². The van der Waals surface area contributed by atoms with Gasteiger partial charge in [0.05, 0.1) is 11.7 Å². The second kappa shape index (κ2) is 7.76. The van der Waals surface area contributed by atoms with Crippen LogP contribution in [0.1, 0.15) is 38.1 Å². The average Bonchev–Trinajstić information content (AvgIpc) is 2.75. The Morgan fingerprint density at radius 1 is 1.35 bits per heavy atom. The second-order valence-corrected chi connectivity index (χ2v) is 5.75. The third-order valence-electron chi connectivity index (χ3n) is 3.82. The zero-order chi connectivity index (χ0) is 15.3. The van der Waals surface area contributed by atoms with Gasteiger partial charge in [0.1, 0.15) is 0 Å². The molecule has 20 heavy (non-hydrogen) atoms. The van der Waals surface area contributed by atoms with Gasteiger partial charge in [-0.1, -0.05) is 13.8 Å². The minimum Gasteiger partial charge on any atom is -0.329 e. The molecule has 0 saturated heterocycles. The maximum absolute atomic E-state index is 6.09. The van der Waals surface area contributed by atoms with Crippen molar-refractivity contribution < 1.29 is 0 Å². The van der Waals surface area contributed by atoms with Gasteiger partial charge in [0.15, 0.2) is 0 Å². The molecular formula is C15H31N5. The van der Waals surface area contributed by atoms with Crippen LogP contribution < -0.4 is 5.73 Å². The van der Waals surface area contributed by atoms with Gasteiger partial charge < -0.3 is 10.6 Å². The highest BCUT2D eigenvalue weighted by Gasteiger charge is 2.26. The molecule has 0 aliphatic carbocycles. The molecule has 2 N–H and O–H groups in total. The molecule has 1 rings (SSSR count). The molecule has 5 nitrogen and oxygen atoms in total. The molecule has 1 aromatic rings. The van der Waals surface area contributed by atoms with Gasteiger partial charge in [-0.25, -0.2) is 0 Å². The molecule has 2 unspecified atom stereocenters. The Kier molecular flexibility index (Phi) is 6.65. The fourth-order valence-corrected chi connectivity index (χ4v) is 3.02. The Balaban J connectivity index is 3.01. The van der Waals surface area contributed by atoms with E-state index in [1.807, 2.05) is 11.7 Å². The fraction of sp³-hybridized carbons (Fsp3) is 0.800. The number of nitrogens with zero attached hydrogens (tertiary/aromatic N) is 4.